The maximum absolute atomic E-state index is 13.7. The number of ether oxygens (including phenoxy) is 2. The van der Waals surface area contributed by atoms with Gasteiger partial charge in [0.25, 0.3) is 0 Å². The molecule has 3 aliphatic heterocycles. The van der Waals surface area contributed by atoms with Crippen molar-refractivity contribution in [1.82, 2.24) is 9.80 Å². The molecule has 1 spiro atoms. The molecule has 0 radical (unpaired) electrons. The summed E-state index contributed by atoms with van der Waals surface area (Å²) >= 11 is 2.02. The third-order valence-electron chi connectivity index (χ3n) is 9.53. The molecule has 0 aromatic heterocycles. The highest BCUT2D eigenvalue weighted by Gasteiger charge is 2.66. The van der Waals surface area contributed by atoms with Gasteiger partial charge in [0.05, 0.1) is 31.5 Å². The first-order valence-electron chi connectivity index (χ1n) is 13.1. The average molecular weight is 475 g/mol. The van der Waals surface area contributed by atoms with Gasteiger partial charge >= 0.3 is 0 Å². The van der Waals surface area contributed by atoms with E-state index in [4.69, 9.17) is 19.5 Å². The van der Waals surface area contributed by atoms with Gasteiger partial charge in [0, 0.05) is 44.6 Å². The maximum Gasteiger partial charge on any atom is 0.233 e. The van der Waals surface area contributed by atoms with Crippen molar-refractivity contribution in [3.05, 3.63) is 0 Å². The number of thioether (sulfide) groups is 1. The van der Waals surface area contributed by atoms with E-state index >= 15 is 0 Å². The molecule has 182 valence electrons. The number of carbonyl (C=O) groups excluding carboxylic acids is 1. The summed E-state index contributed by atoms with van der Waals surface area (Å²) < 4.78 is 11.1. The number of hydrogen-bond donors (Lipinski definition) is 0. The summed E-state index contributed by atoms with van der Waals surface area (Å²) in [7, 11) is 1.94. The Kier molecular flexibility index (Phi) is 6.20. The molecule has 2 saturated heterocycles. The highest BCUT2D eigenvalue weighted by atomic mass is 32.2. The summed E-state index contributed by atoms with van der Waals surface area (Å²) in [4.78, 5) is 27.9. The van der Waals surface area contributed by atoms with Crippen LogP contribution >= 0.6 is 11.8 Å². The summed E-state index contributed by atoms with van der Waals surface area (Å²) in [5.41, 5.74) is 0.338. The molecule has 1 amide bonds. The lowest BCUT2D eigenvalue weighted by molar-refractivity contribution is -0.154. The molecule has 0 aromatic carbocycles. The quantitative estimate of drug-likeness (QED) is 0.455. The molecular formula is C25H38N4O3S. The Morgan fingerprint density at radius 3 is 2.70 bits per heavy atom. The molecule has 33 heavy (non-hydrogen) atoms. The highest BCUT2D eigenvalue weighted by Crippen LogP contribution is 2.69. The smallest absolute Gasteiger partial charge is 0.233 e. The summed E-state index contributed by atoms with van der Waals surface area (Å²) in [6.07, 6.45) is 11.2. The second kappa shape index (κ2) is 9.15. The topological polar surface area (TPSA) is 66.7 Å². The van der Waals surface area contributed by atoms with Gasteiger partial charge < -0.3 is 14.4 Å². The second-order valence-corrected chi connectivity index (χ2v) is 12.0. The molecule has 3 saturated carbocycles. The van der Waals surface area contributed by atoms with E-state index in [1.807, 2.05) is 30.0 Å². The molecule has 6 atom stereocenters. The van der Waals surface area contributed by atoms with Crippen molar-refractivity contribution >= 4 is 29.2 Å². The van der Waals surface area contributed by atoms with Crippen molar-refractivity contribution in [3.8, 4) is 0 Å². The zero-order chi connectivity index (χ0) is 22.4. The number of nitrogens with zero attached hydrogens (tertiary/aromatic N) is 4. The minimum atomic E-state index is 0.0866. The first-order valence-corrected chi connectivity index (χ1v) is 14.0. The number of carbonyl (C=O) groups is 1. The van der Waals surface area contributed by atoms with Crippen LogP contribution in [0.4, 0.5) is 0 Å². The van der Waals surface area contributed by atoms with E-state index in [1.165, 1.54) is 37.3 Å². The molecule has 0 bridgehead atoms. The van der Waals surface area contributed by atoms with Gasteiger partial charge in [-0.1, -0.05) is 24.6 Å². The Balaban J connectivity index is 1.23. The number of aliphatic imine (C=N–C) groups is 2. The molecule has 0 aromatic rings. The first kappa shape index (κ1) is 22.4. The summed E-state index contributed by atoms with van der Waals surface area (Å²) in [5.74, 6) is 1.64. The molecule has 3 heterocycles. The van der Waals surface area contributed by atoms with E-state index in [9.17, 15) is 4.79 Å². The normalized spacial score (nSPS) is 41.8. The van der Waals surface area contributed by atoms with Crippen LogP contribution in [0.15, 0.2) is 9.98 Å². The fourth-order valence-corrected chi connectivity index (χ4v) is 9.61. The first-order chi connectivity index (χ1) is 16.2. The van der Waals surface area contributed by atoms with Gasteiger partial charge in [-0.05, 0) is 55.8 Å². The molecule has 6 rings (SSSR count). The second-order valence-electron chi connectivity index (χ2n) is 10.8. The van der Waals surface area contributed by atoms with Gasteiger partial charge in [0.1, 0.15) is 0 Å². The van der Waals surface area contributed by atoms with E-state index in [0.717, 1.165) is 58.8 Å². The number of fused-ring (bicyclic) bond motifs is 2. The van der Waals surface area contributed by atoms with E-state index in [-0.39, 0.29) is 18.0 Å². The Bertz CT molecular complexity index is 809. The lowest BCUT2D eigenvalue weighted by Gasteiger charge is -2.67. The average Bonchev–Trinajstić information content (AvgIpc) is 2.87. The fourth-order valence-electron chi connectivity index (χ4n) is 7.88. The van der Waals surface area contributed by atoms with Crippen molar-refractivity contribution in [2.75, 3.05) is 46.6 Å². The van der Waals surface area contributed by atoms with Crippen LogP contribution < -0.4 is 0 Å². The van der Waals surface area contributed by atoms with Crippen molar-refractivity contribution < 1.29 is 14.3 Å². The lowest BCUT2D eigenvalue weighted by Crippen LogP contribution is -2.67. The van der Waals surface area contributed by atoms with Crippen LogP contribution in [0.5, 0.6) is 0 Å². The number of amides is 1. The predicted molar refractivity (Wildman–Crippen MR) is 131 cm³/mol. The van der Waals surface area contributed by atoms with Gasteiger partial charge in [-0.3, -0.25) is 19.7 Å². The molecule has 5 fully saturated rings. The highest BCUT2D eigenvalue weighted by molar-refractivity contribution is 8.14. The van der Waals surface area contributed by atoms with Crippen molar-refractivity contribution in [2.24, 2.45) is 33.2 Å². The zero-order valence-corrected chi connectivity index (χ0v) is 20.7. The SMILES string of the molecule is CN=C(SC1CC2CC3C(=O)N(C4CCOCC4)C=NC3C3CCCCC213)N1CCOCC1. The summed E-state index contributed by atoms with van der Waals surface area (Å²) in [6.45, 7) is 4.99. The monoisotopic (exact) mass is 474 g/mol. The van der Waals surface area contributed by atoms with Crippen LogP contribution in [-0.4, -0.2) is 91.1 Å². The van der Waals surface area contributed by atoms with Crippen LogP contribution in [0.1, 0.15) is 51.4 Å². The van der Waals surface area contributed by atoms with Crippen LogP contribution in [0, 0.1) is 23.2 Å². The van der Waals surface area contributed by atoms with Crippen LogP contribution in [0.2, 0.25) is 0 Å². The standard InChI is InChI=1S/C25H38N4O3S/c1-26-24(28-8-12-32-13-9-28)33-21-15-17-14-19-22(20-4-2-3-7-25(17,20)21)27-16-29(23(19)30)18-5-10-31-11-6-18/h16-22H,2-15H2,1H3. The summed E-state index contributed by atoms with van der Waals surface area (Å²) in [5, 5.41) is 1.80. The molecular weight excluding hydrogens is 436 g/mol. The van der Waals surface area contributed by atoms with Crippen LogP contribution in [0.3, 0.4) is 0 Å². The molecule has 0 N–H and O–H groups in total. The maximum atomic E-state index is 13.7. The van der Waals surface area contributed by atoms with Crippen LogP contribution in [-0.2, 0) is 14.3 Å². The molecule has 7 nitrogen and oxygen atoms in total. The number of morpholine rings is 1. The minimum absolute atomic E-state index is 0.0866. The van der Waals surface area contributed by atoms with E-state index < -0.39 is 0 Å². The van der Waals surface area contributed by atoms with Crippen LogP contribution in [0.25, 0.3) is 0 Å². The molecule has 6 unspecified atom stereocenters. The van der Waals surface area contributed by atoms with Crippen molar-refractivity contribution in [3.63, 3.8) is 0 Å². The molecule has 8 heteroatoms. The fraction of sp³-hybridized carbons (Fsp3) is 0.880. The third-order valence-corrected chi connectivity index (χ3v) is 11.1. The Morgan fingerprint density at radius 1 is 1.12 bits per heavy atom. The van der Waals surface area contributed by atoms with E-state index in [2.05, 4.69) is 4.90 Å². The van der Waals surface area contributed by atoms with Gasteiger partial charge in [0.2, 0.25) is 5.91 Å². The Hall–Kier alpha value is -1.12. The van der Waals surface area contributed by atoms with Gasteiger partial charge in [-0.15, -0.1) is 0 Å². The Labute approximate surface area is 201 Å². The van der Waals surface area contributed by atoms with Crippen molar-refractivity contribution in [1.29, 1.82) is 0 Å². The number of hydrogen-bond acceptors (Lipinski definition) is 6. The summed E-state index contributed by atoms with van der Waals surface area (Å²) in [6, 6.07) is 0.453. The Morgan fingerprint density at radius 2 is 1.91 bits per heavy atom. The third kappa shape index (κ3) is 3.66. The van der Waals surface area contributed by atoms with E-state index in [1.54, 1.807) is 0 Å². The lowest BCUT2D eigenvalue weighted by atomic mass is 9.42. The van der Waals surface area contributed by atoms with Gasteiger partial charge in [0.15, 0.2) is 5.17 Å². The zero-order valence-electron chi connectivity index (χ0n) is 19.9. The van der Waals surface area contributed by atoms with Gasteiger partial charge in [-0.2, -0.15) is 0 Å². The molecule has 6 aliphatic rings. The molecule has 3 aliphatic carbocycles. The van der Waals surface area contributed by atoms with Gasteiger partial charge in [-0.25, -0.2) is 0 Å². The minimum Gasteiger partial charge on any atom is -0.381 e. The number of rotatable bonds is 2. The number of amidine groups is 1. The van der Waals surface area contributed by atoms with Crippen molar-refractivity contribution in [2.45, 2.75) is 68.7 Å². The predicted octanol–water partition coefficient (Wildman–Crippen LogP) is 3.04. The largest absolute Gasteiger partial charge is 0.381 e. The van der Waals surface area contributed by atoms with E-state index in [0.29, 0.717) is 28.4 Å².